The lowest BCUT2D eigenvalue weighted by Crippen LogP contribution is -2.30. The molecule has 0 rings (SSSR count). The second kappa shape index (κ2) is 5.02. The van der Waals surface area contributed by atoms with Gasteiger partial charge in [0.05, 0.1) is 5.70 Å². The summed E-state index contributed by atoms with van der Waals surface area (Å²) in [6.07, 6.45) is 1.63. The van der Waals surface area contributed by atoms with Crippen LogP contribution in [0.5, 0.6) is 0 Å². The first-order chi connectivity index (χ1) is 5.13. The van der Waals surface area contributed by atoms with Crippen molar-refractivity contribution in [3.05, 3.63) is 11.5 Å². The third-order valence-electron chi connectivity index (χ3n) is 1.65. The Hall–Kier alpha value is -0.700. The Bertz CT molecular complexity index is 143. The van der Waals surface area contributed by atoms with Gasteiger partial charge in [0.1, 0.15) is 5.76 Å². The van der Waals surface area contributed by atoms with Crippen LogP contribution in [-0.4, -0.2) is 16.7 Å². The third kappa shape index (κ3) is 3.28. The van der Waals surface area contributed by atoms with Crippen LogP contribution in [0.1, 0.15) is 33.6 Å². The predicted octanol–water partition coefficient (Wildman–Crippen LogP) is 1.77. The van der Waals surface area contributed by atoms with E-state index in [1.54, 1.807) is 5.01 Å². The highest BCUT2D eigenvalue weighted by atomic mass is 16.3. The Morgan fingerprint density at radius 3 is 2.36 bits per heavy atom. The standard InChI is InChI=1S/C8H18N2O/c1-4-6-10(9)7(3)8(11)5-2/h11H,4-6,9H2,1-3H3. The molecule has 0 aliphatic carbocycles. The molecule has 0 aliphatic heterocycles. The van der Waals surface area contributed by atoms with E-state index in [1.807, 2.05) is 13.8 Å². The lowest BCUT2D eigenvalue weighted by Gasteiger charge is -2.19. The number of hydrogen-bond acceptors (Lipinski definition) is 3. The summed E-state index contributed by atoms with van der Waals surface area (Å²) in [6, 6.07) is 0. The van der Waals surface area contributed by atoms with E-state index >= 15 is 0 Å². The molecule has 0 unspecified atom stereocenters. The Morgan fingerprint density at radius 2 is 2.00 bits per heavy atom. The minimum Gasteiger partial charge on any atom is -0.510 e. The molecule has 0 aromatic heterocycles. The normalized spacial score (nSPS) is 12.7. The number of aliphatic hydroxyl groups excluding tert-OH is 1. The van der Waals surface area contributed by atoms with Crippen molar-refractivity contribution < 1.29 is 5.11 Å². The molecular weight excluding hydrogens is 140 g/mol. The van der Waals surface area contributed by atoms with Crippen LogP contribution in [0.4, 0.5) is 0 Å². The van der Waals surface area contributed by atoms with Crippen molar-refractivity contribution in [2.24, 2.45) is 5.84 Å². The van der Waals surface area contributed by atoms with Gasteiger partial charge in [0.15, 0.2) is 0 Å². The average Bonchev–Trinajstić information content (AvgIpc) is 2.02. The molecule has 3 heteroatoms. The van der Waals surface area contributed by atoms with Crippen molar-refractivity contribution in [3.8, 4) is 0 Å². The van der Waals surface area contributed by atoms with Crippen molar-refractivity contribution >= 4 is 0 Å². The maximum absolute atomic E-state index is 9.28. The molecule has 0 aromatic carbocycles. The average molecular weight is 158 g/mol. The van der Waals surface area contributed by atoms with E-state index in [1.165, 1.54) is 0 Å². The number of nitrogens with two attached hydrogens (primary N) is 1. The number of nitrogens with zero attached hydrogens (tertiary/aromatic N) is 1. The number of rotatable bonds is 4. The van der Waals surface area contributed by atoms with Gasteiger partial charge in [0, 0.05) is 13.0 Å². The summed E-state index contributed by atoms with van der Waals surface area (Å²) in [5.41, 5.74) is 0.773. The van der Waals surface area contributed by atoms with Gasteiger partial charge in [-0.25, -0.2) is 5.84 Å². The van der Waals surface area contributed by atoms with Crippen molar-refractivity contribution in [1.82, 2.24) is 5.01 Å². The second-order valence-corrected chi connectivity index (χ2v) is 2.58. The van der Waals surface area contributed by atoms with Crippen LogP contribution in [0.2, 0.25) is 0 Å². The number of allylic oxidation sites excluding steroid dienone is 2. The Kier molecular flexibility index (Phi) is 4.70. The van der Waals surface area contributed by atoms with Gasteiger partial charge in [-0.2, -0.15) is 0 Å². The summed E-state index contributed by atoms with van der Waals surface area (Å²) in [6.45, 7) is 6.57. The monoisotopic (exact) mass is 158 g/mol. The molecule has 66 valence electrons. The predicted molar refractivity (Wildman–Crippen MR) is 46.8 cm³/mol. The largest absolute Gasteiger partial charge is 0.510 e. The van der Waals surface area contributed by atoms with Gasteiger partial charge >= 0.3 is 0 Å². The summed E-state index contributed by atoms with van der Waals surface area (Å²) in [5, 5.41) is 10.9. The Morgan fingerprint density at radius 1 is 1.45 bits per heavy atom. The summed E-state index contributed by atoms with van der Waals surface area (Å²) in [4.78, 5) is 0. The van der Waals surface area contributed by atoms with E-state index in [0.29, 0.717) is 12.2 Å². The van der Waals surface area contributed by atoms with E-state index < -0.39 is 0 Å². The first kappa shape index (κ1) is 10.3. The zero-order valence-corrected chi connectivity index (χ0v) is 7.59. The first-order valence-corrected chi connectivity index (χ1v) is 4.04. The van der Waals surface area contributed by atoms with Gasteiger partial charge in [0.25, 0.3) is 0 Å². The molecule has 3 nitrogen and oxygen atoms in total. The fourth-order valence-corrected chi connectivity index (χ4v) is 0.830. The van der Waals surface area contributed by atoms with E-state index in [-0.39, 0.29) is 0 Å². The second-order valence-electron chi connectivity index (χ2n) is 2.58. The topological polar surface area (TPSA) is 49.5 Å². The zero-order valence-electron chi connectivity index (χ0n) is 7.59. The van der Waals surface area contributed by atoms with Gasteiger partial charge in [-0.3, -0.25) is 0 Å². The van der Waals surface area contributed by atoms with Gasteiger partial charge in [0.2, 0.25) is 0 Å². The molecule has 0 spiro atoms. The van der Waals surface area contributed by atoms with Crippen LogP contribution >= 0.6 is 0 Å². The lowest BCUT2D eigenvalue weighted by molar-refractivity contribution is 0.306. The van der Waals surface area contributed by atoms with E-state index in [4.69, 9.17) is 5.84 Å². The van der Waals surface area contributed by atoms with Gasteiger partial charge in [-0.15, -0.1) is 0 Å². The van der Waals surface area contributed by atoms with E-state index in [9.17, 15) is 5.11 Å². The highest BCUT2D eigenvalue weighted by Crippen LogP contribution is 2.06. The van der Waals surface area contributed by atoms with Crippen LogP contribution in [0.15, 0.2) is 11.5 Å². The smallest absolute Gasteiger partial charge is 0.112 e. The number of hydrogen-bond donors (Lipinski definition) is 2. The summed E-state index contributed by atoms with van der Waals surface area (Å²) in [7, 11) is 0. The minimum atomic E-state index is 0.376. The van der Waals surface area contributed by atoms with Crippen LogP contribution in [0.25, 0.3) is 0 Å². The van der Waals surface area contributed by atoms with Gasteiger partial charge in [-0.05, 0) is 13.3 Å². The van der Waals surface area contributed by atoms with Crippen molar-refractivity contribution in [3.63, 3.8) is 0 Å². The fraction of sp³-hybridized carbons (Fsp3) is 0.750. The van der Waals surface area contributed by atoms with Crippen LogP contribution in [-0.2, 0) is 0 Å². The summed E-state index contributed by atoms with van der Waals surface area (Å²) >= 11 is 0. The molecule has 11 heavy (non-hydrogen) atoms. The molecule has 0 heterocycles. The molecule has 0 atom stereocenters. The highest BCUT2D eigenvalue weighted by Gasteiger charge is 2.02. The molecule has 0 bridgehead atoms. The molecule has 0 radical (unpaired) electrons. The minimum absolute atomic E-state index is 0.376. The molecule has 0 saturated heterocycles. The summed E-state index contributed by atoms with van der Waals surface area (Å²) < 4.78 is 0. The highest BCUT2D eigenvalue weighted by molar-refractivity contribution is 5.01. The molecule has 0 aliphatic rings. The van der Waals surface area contributed by atoms with Crippen LogP contribution in [0.3, 0.4) is 0 Å². The van der Waals surface area contributed by atoms with E-state index in [2.05, 4.69) is 6.92 Å². The number of hydrazine groups is 1. The first-order valence-electron chi connectivity index (χ1n) is 4.04. The fourth-order valence-electron chi connectivity index (χ4n) is 0.830. The van der Waals surface area contributed by atoms with Gasteiger partial charge < -0.3 is 10.1 Å². The quantitative estimate of drug-likeness (QED) is 0.372. The van der Waals surface area contributed by atoms with Crippen molar-refractivity contribution in [1.29, 1.82) is 0 Å². The molecule has 0 saturated carbocycles. The van der Waals surface area contributed by atoms with Crippen LogP contribution in [0, 0.1) is 0 Å². The van der Waals surface area contributed by atoms with Crippen LogP contribution < -0.4 is 5.84 Å². The summed E-state index contributed by atoms with van der Waals surface area (Å²) in [5.74, 6) is 6.00. The van der Waals surface area contributed by atoms with Gasteiger partial charge in [-0.1, -0.05) is 13.8 Å². The molecule has 3 N–H and O–H groups in total. The Labute approximate surface area is 68.5 Å². The Balaban J connectivity index is 4.09. The van der Waals surface area contributed by atoms with E-state index in [0.717, 1.165) is 18.7 Å². The SMILES string of the molecule is CCCN(N)C(C)=C(O)CC. The van der Waals surface area contributed by atoms with Crippen molar-refractivity contribution in [2.45, 2.75) is 33.6 Å². The zero-order chi connectivity index (χ0) is 8.85. The molecule has 0 fully saturated rings. The lowest BCUT2D eigenvalue weighted by atomic mass is 10.3. The molecule has 0 aromatic rings. The molecular formula is C8H18N2O. The maximum atomic E-state index is 9.28. The maximum Gasteiger partial charge on any atom is 0.112 e. The van der Waals surface area contributed by atoms with Crippen molar-refractivity contribution in [2.75, 3.05) is 6.54 Å². The number of aliphatic hydroxyl groups is 1. The third-order valence-corrected chi connectivity index (χ3v) is 1.65. The molecule has 0 amide bonds.